The summed E-state index contributed by atoms with van der Waals surface area (Å²) in [6.45, 7) is 0. The van der Waals surface area contributed by atoms with Crippen LogP contribution in [0.15, 0.2) is 18.2 Å². The van der Waals surface area contributed by atoms with Crippen LogP contribution in [0.5, 0.6) is 0 Å². The van der Waals surface area contributed by atoms with Crippen LogP contribution >= 0.6 is 23.2 Å². The van der Waals surface area contributed by atoms with Crippen LogP contribution in [0.4, 0.5) is 0 Å². The third-order valence-corrected chi connectivity index (χ3v) is 1.66. The van der Waals surface area contributed by atoms with Crippen molar-refractivity contribution in [3.05, 3.63) is 33.8 Å². The second-order valence-corrected chi connectivity index (χ2v) is 2.97. The van der Waals surface area contributed by atoms with E-state index < -0.39 is 5.78 Å². The van der Waals surface area contributed by atoms with Crippen LogP contribution in [0.1, 0.15) is 10.4 Å². The van der Waals surface area contributed by atoms with Gasteiger partial charge in [-0.2, -0.15) is 5.26 Å². The van der Waals surface area contributed by atoms with Gasteiger partial charge in [0.05, 0.1) is 0 Å². The highest BCUT2D eigenvalue weighted by atomic mass is 35.5. The predicted octanol–water partition coefficient (Wildman–Crippen LogP) is 2.70. The fourth-order valence-electron chi connectivity index (χ4n) is 0.749. The molecule has 0 aromatic heterocycles. The van der Waals surface area contributed by atoms with E-state index in [0.717, 1.165) is 0 Å². The van der Waals surface area contributed by atoms with Crippen molar-refractivity contribution in [3.63, 3.8) is 0 Å². The summed E-state index contributed by atoms with van der Waals surface area (Å²) < 4.78 is 0. The average Bonchev–Trinajstić information content (AvgIpc) is 2.01. The van der Waals surface area contributed by atoms with Crippen molar-refractivity contribution in [2.24, 2.45) is 0 Å². The number of nitriles is 1. The SMILES string of the molecule is N#CC(=O)c1cc(Cl)cc(Cl)c1. The Bertz CT molecular complexity index is 348. The molecular weight excluding hydrogens is 197 g/mol. The normalized spacial score (nSPS) is 9.08. The van der Waals surface area contributed by atoms with Crippen molar-refractivity contribution in [1.82, 2.24) is 0 Å². The molecule has 0 bridgehead atoms. The summed E-state index contributed by atoms with van der Waals surface area (Å²) in [5.74, 6) is -0.639. The van der Waals surface area contributed by atoms with Gasteiger partial charge in [-0.3, -0.25) is 4.79 Å². The molecule has 0 radical (unpaired) electrons. The highest BCUT2D eigenvalue weighted by Gasteiger charge is 2.05. The maximum absolute atomic E-state index is 10.8. The molecule has 0 heterocycles. The maximum atomic E-state index is 10.8. The zero-order valence-electron chi connectivity index (χ0n) is 5.84. The Balaban J connectivity index is 3.19. The smallest absolute Gasteiger partial charge is 0.262 e. The Labute approximate surface area is 79.3 Å². The van der Waals surface area contributed by atoms with Gasteiger partial charge in [-0.1, -0.05) is 23.2 Å². The predicted molar refractivity (Wildman–Crippen MR) is 46.4 cm³/mol. The number of hydrogen-bond donors (Lipinski definition) is 0. The van der Waals surface area contributed by atoms with E-state index in [1.807, 2.05) is 0 Å². The van der Waals surface area contributed by atoms with E-state index in [1.54, 1.807) is 0 Å². The lowest BCUT2D eigenvalue weighted by Gasteiger charge is -1.95. The van der Waals surface area contributed by atoms with Crippen molar-refractivity contribution < 1.29 is 4.79 Å². The first kappa shape index (κ1) is 9.05. The molecular formula is C8H3Cl2NO. The van der Waals surface area contributed by atoms with Crippen LogP contribution in [0.25, 0.3) is 0 Å². The second kappa shape index (κ2) is 3.57. The van der Waals surface area contributed by atoms with Crippen molar-refractivity contribution in [2.75, 3.05) is 0 Å². The lowest BCUT2D eigenvalue weighted by atomic mass is 10.1. The second-order valence-electron chi connectivity index (χ2n) is 2.10. The molecule has 0 fully saturated rings. The molecule has 1 aromatic carbocycles. The van der Waals surface area contributed by atoms with E-state index in [1.165, 1.54) is 24.3 Å². The number of carbonyl (C=O) groups excluding carboxylic acids is 1. The fraction of sp³-hybridized carbons (Fsp3) is 0. The molecule has 0 atom stereocenters. The van der Waals surface area contributed by atoms with Crippen LogP contribution < -0.4 is 0 Å². The summed E-state index contributed by atoms with van der Waals surface area (Å²) >= 11 is 11.2. The molecule has 0 N–H and O–H groups in total. The van der Waals surface area contributed by atoms with Gasteiger partial charge < -0.3 is 0 Å². The van der Waals surface area contributed by atoms with Crippen molar-refractivity contribution in [2.45, 2.75) is 0 Å². The number of nitrogens with zero attached hydrogens (tertiary/aromatic N) is 1. The summed E-state index contributed by atoms with van der Waals surface area (Å²) in [4.78, 5) is 10.8. The quantitative estimate of drug-likeness (QED) is 0.516. The van der Waals surface area contributed by atoms with E-state index in [9.17, 15) is 4.79 Å². The molecule has 4 heteroatoms. The third kappa shape index (κ3) is 1.97. The van der Waals surface area contributed by atoms with Gasteiger partial charge in [0, 0.05) is 15.6 Å². The third-order valence-electron chi connectivity index (χ3n) is 1.23. The highest BCUT2D eigenvalue weighted by molar-refractivity contribution is 6.35. The maximum Gasteiger partial charge on any atom is 0.262 e. The van der Waals surface area contributed by atoms with Gasteiger partial charge in [-0.15, -0.1) is 0 Å². The first-order chi connectivity index (χ1) is 5.63. The highest BCUT2D eigenvalue weighted by Crippen LogP contribution is 2.18. The summed E-state index contributed by atoms with van der Waals surface area (Å²) in [6, 6.07) is 5.78. The standard InChI is InChI=1S/C8H3Cl2NO/c9-6-1-5(8(12)4-11)2-7(10)3-6/h1-3H. The molecule has 2 nitrogen and oxygen atoms in total. The van der Waals surface area contributed by atoms with E-state index in [2.05, 4.69) is 0 Å². The van der Waals surface area contributed by atoms with Gasteiger partial charge in [-0.05, 0) is 18.2 Å². The Morgan fingerprint density at radius 2 is 1.75 bits per heavy atom. The largest absolute Gasteiger partial charge is 0.277 e. The molecule has 12 heavy (non-hydrogen) atoms. The number of benzene rings is 1. The first-order valence-electron chi connectivity index (χ1n) is 3.04. The van der Waals surface area contributed by atoms with Gasteiger partial charge in [0.2, 0.25) is 0 Å². The minimum atomic E-state index is -0.639. The molecule has 0 spiro atoms. The van der Waals surface area contributed by atoms with Gasteiger partial charge in [0.1, 0.15) is 6.07 Å². The van der Waals surface area contributed by atoms with Crippen molar-refractivity contribution >= 4 is 29.0 Å². The molecule has 1 aromatic rings. The first-order valence-corrected chi connectivity index (χ1v) is 3.79. The molecule has 0 saturated heterocycles. The molecule has 0 aliphatic carbocycles. The molecule has 1 rings (SSSR count). The van der Waals surface area contributed by atoms with Gasteiger partial charge in [0.15, 0.2) is 0 Å². The number of rotatable bonds is 1. The minimum absolute atomic E-state index is 0.218. The summed E-state index contributed by atoms with van der Waals surface area (Å²) in [5, 5.41) is 8.98. The molecule has 0 unspecified atom stereocenters. The molecule has 0 aliphatic rings. The Morgan fingerprint density at radius 3 is 2.17 bits per heavy atom. The van der Waals surface area contributed by atoms with Crippen molar-refractivity contribution in [3.8, 4) is 6.07 Å². The van der Waals surface area contributed by atoms with Gasteiger partial charge in [0.25, 0.3) is 5.78 Å². The lowest BCUT2D eigenvalue weighted by Crippen LogP contribution is -1.93. The summed E-state index contributed by atoms with van der Waals surface area (Å²) in [5.41, 5.74) is 0.218. The number of carbonyl (C=O) groups is 1. The van der Waals surface area contributed by atoms with Crippen LogP contribution in [0.3, 0.4) is 0 Å². The van der Waals surface area contributed by atoms with E-state index in [0.29, 0.717) is 10.0 Å². The zero-order valence-corrected chi connectivity index (χ0v) is 7.36. The van der Waals surface area contributed by atoms with Crippen LogP contribution in [0.2, 0.25) is 10.0 Å². The fourth-order valence-corrected chi connectivity index (χ4v) is 1.28. The van der Waals surface area contributed by atoms with Crippen molar-refractivity contribution in [1.29, 1.82) is 5.26 Å². The van der Waals surface area contributed by atoms with E-state index >= 15 is 0 Å². The topological polar surface area (TPSA) is 40.9 Å². The van der Waals surface area contributed by atoms with Gasteiger partial charge in [-0.25, -0.2) is 0 Å². The Kier molecular flexibility index (Phi) is 2.69. The lowest BCUT2D eigenvalue weighted by molar-refractivity contribution is 0.105. The monoisotopic (exact) mass is 199 g/mol. The minimum Gasteiger partial charge on any atom is -0.277 e. The number of hydrogen-bond acceptors (Lipinski definition) is 2. The van der Waals surface area contributed by atoms with Gasteiger partial charge >= 0.3 is 0 Å². The molecule has 0 saturated carbocycles. The Morgan fingerprint density at radius 1 is 1.25 bits per heavy atom. The summed E-state index contributed by atoms with van der Waals surface area (Å²) in [6.07, 6.45) is 0. The Hall–Kier alpha value is -1.04. The van der Waals surface area contributed by atoms with Crippen LogP contribution in [0, 0.1) is 11.3 Å². The molecule has 0 amide bonds. The van der Waals surface area contributed by atoms with E-state index in [4.69, 9.17) is 28.5 Å². The van der Waals surface area contributed by atoms with Crippen LogP contribution in [-0.4, -0.2) is 5.78 Å². The molecule has 0 aliphatic heterocycles. The van der Waals surface area contributed by atoms with E-state index in [-0.39, 0.29) is 5.56 Å². The number of Topliss-reactive ketones (excluding diaryl/α,β-unsaturated/α-hetero) is 1. The van der Waals surface area contributed by atoms with Crippen LogP contribution in [-0.2, 0) is 0 Å². The summed E-state index contributed by atoms with van der Waals surface area (Å²) in [7, 11) is 0. The molecule has 60 valence electrons. The average molecular weight is 200 g/mol. The zero-order chi connectivity index (χ0) is 9.14. The number of halogens is 2. The number of ketones is 1.